The van der Waals surface area contributed by atoms with E-state index in [9.17, 15) is 9.18 Å². The van der Waals surface area contributed by atoms with Crippen molar-refractivity contribution in [3.05, 3.63) is 36.2 Å². The first-order chi connectivity index (χ1) is 18.3. The molecule has 1 aliphatic heterocycles. The lowest BCUT2D eigenvalue weighted by molar-refractivity contribution is -0.167. The molecule has 0 radical (unpaired) electrons. The predicted molar refractivity (Wildman–Crippen MR) is 138 cm³/mol. The number of benzene rings is 1. The fraction of sp³-hybridized carbons (Fsp3) is 0.400. The van der Waals surface area contributed by atoms with Crippen molar-refractivity contribution in [2.24, 2.45) is 11.1 Å². The van der Waals surface area contributed by atoms with Crippen LogP contribution in [0.5, 0.6) is 11.8 Å². The molecule has 0 unspecified atom stereocenters. The summed E-state index contributed by atoms with van der Waals surface area (Å²) in [6, 6.07) is 3.04. The highest BCUT2D eigenvalue weighted by molar-refractivity contribution is 6.14. The number of aromatic nitrogens is 5. The zero-order valence-electron chi connectivity index (χ0n) is 21.3. The van der Waals surface area contributed by atoms with E-state index in [4.69, 9.17) is 20.3 Å². The summed E-state index contributed by atoms with van der Waals surface area (Å²) in [4.78, 5) is 40.2. The van der Waals surface area contributed by atoms with Crippen molar-refractivity contribution in [3.8, 4) is 11.8 Å². The van der Waals surface area contributed by atoms with Crippen LogP contribution in [0.25, 0.3) is 21.9 Å². The number of fused-ring (bicyclic) bond motifs is 3. The Morgan fingerprint density at radius 3 is 2.74 bits per heavy atom. The van der Waals surface area contributed by atoms with E-state index in [0.717, 1.165) is 30.0 Å². The lowest BCUT2D eigenvalue weighted by Crippen LogP contribution is -2.30. The van der Waals surface area contributed by atoms with Gasteiger partial charge < -0.3 is 25.7 Å². The van der Waals surface area contributed by atoms with E-state index >= 15 is 0 Å². The predicted octanol–water partition coefficient (Wildman–Crippen LogP) is 2.36. The Labute approximate surface area is 217 Å². The summed E-state index contributed by atoms with van der Waals surface area (Å²) in [5, 5.41) is 5.53. The number of hydroxylamine groups is 2. The molecule has 1 saturated carbocycles. The average Bonchev–Trinajstić information content (AvgIpc) is 3.50. The molecule has 1 aliphatic carbocycles. The smallest absolute Gasteiger partial charge is 0.326 e. The molecule has 1 atom stereocenters. The maximum Gasteiger partial charge on any atom is 0.326 e. The van der Waals surface area contributed by atoms with E-state index in [1.165, 1.54) is 38.7 Å². The van der Waals surface area contributed by atoms with Gasteiger partial charge in [-0.25, -0.2) is 19.4 Å². The third kappa shape index (κ3) is 4.13. The topological polar surface area (TPSA) is 147 Å². The summed E-state index contributed by atoms with van der Waals surface area (Å²) < 4.78 is 20.5. The number of carbonyl (C=O) groups is 1. The van der Waals surface area contributed by atoms with Crippen molar-refractivity contribution in [1.29, 1.82) is 0 Å². The fourth-order valence-corrected chi connectivity index (χ4v) is 5.08. The first-order valence-electron chi connectivity index (χ1n) is 12.3. The second kappa shape index (κ2) is 9.03. The highest BCUT2D eigenvalue weighted by Crippen LogP contribution is 2.53. The second-order valence-corrected chi connectivity index (χ2v) is 9.84. The molecule has 1 spiro atoms. The summed E-state index contributed by atoms with van der Waals surface area (Å²) >= 11 is 0. The third-order valence-corrected chi connectivity index (χ3v) is 7.48. The monoisotopic (exact) mass is 521 g/mol. The molecule has 12 nitrogen and oxygen atoms in total. The highest BCUT2D eigenvalue weighted by atomic mass is 19.1. The van der Waals surface area contributed by atoms with Crippen molar-refractivity contribution in [3.63, 3.8) is 0 Å². The number of H-pyrrole nitrogens is 1. The number of likely N-dealkylation sites (N-methyl/N-ethyl adjacent to an activating group) is 1. The number of hydrogen-bond acceptors (Lipinski definition) is 10. The molecular formula is C25H28FN9O3. The van der Waals surface area contributed by atoms with Crippen LogP contribution in [0.2, 0.25) is 0 Å². The fourth-order valence-electron chi connectivity index (χ4n) is 5.08. The SMILES string of the molecule is CNc1cc(F)cc2c1[nH]c1nc(Oc3cnc(CC(=O)N(C)OC)nc3)nc(N3C[C@H](N)C4(CC4)C3)c12. The van der Waals surface area contributed by atoms with Crippen LogP contribution in [0.3, 0.4) is 0 Å². The van der Waals surface area contributed by atoms with E-state index < -0.39 is 0 Å². The number of nitrogens with two attached hydrogens (primary N) is 1. The van der Waals surface area contributed by atoms with Crippen molar-refractivity contribution < 1.29 is 18.8 Å². The molecule has 4 N–H and O–H groups in total. The van der Waals surface area contributed by atoms with E-state index in [1.54, 1.807) is 7.05 Å². The lowest BCUT2D eigenvalue weighted by Gasteiger charge is -2.19. The van der Waals surface area contributed by atoms with E-state index in [1.807, 2.05) is 0 Å². The number of rotatable bonds is 7. The number of anilines is 2. The molecule has 6 rings (SSSR count). The number of carbonyl (C=O) groups excluding carboxylic acids is 1. The van der Waals surface area contributed by atoms with Crippen molar-refractivity contribution in [2.75, 3.05) is 44.5 Å². The van der Waals surface area contributed by atoms with E-state index in [-0.39, 0.29) is 35.6 Å². The molecule has 4 aromatic rings. The zero-order chi connectivity index (χ0) is 26.6. The normalized spacial score (nSPS) is 17.9. The summed E-state index contributed by atoms with van der Waals surface area (Å²) in [6.07, 6.45) is 5.07. The summed E-state index contributed by atoms with van der Waals surface area (Å²) in [7, 11) is 4.66. The van der Waals surface area contributed by atoms with Gasteiger partial charge in [-0.1, -0.05) is 0 Å². The lowest BCUT2D eigenvalue weighted by atomic mass is 10.0. The first-order valence-corrected chi connectivity index (χ1v) is 12.3. The average molecular weight is 522 g/mol. The van der Waals surface area contributed by atoms with Gasteiger partial charge in [-0.15, -0.1) is 0 Å². The number of amides is 1. The van der Waals surface area contributed by atoms with Crippen molar-refractivity contribution in [1.82, 2.24) is 30.0 Å². The molecule has 1 saturated heterocycles. The number of halogens is 1. The summed E-state index contributed by atoms with van der Waals surface area (Å²) in [5.41, 5.74) is 8.44. The number of aromatic amines is 1. The largest absolute Gasteiger partial charge is 0.421 e. The third-order valence-electron chi connectivity index (χ3n) is 7.48. The number of nitrogens with zero attached hydrogens (tertiary/aromatic N) is 6. The molecule has 0 bridgehead atoms. The van der Waals surface area contributed by atoms with Crippen LogP contribution in [-0.4, -0.2) is 76.2 Å². The minimum atomic E-state index is -0.363. The van der Waals surface area contributed by atoms with E-state index in [0.29, 0.717) is 46.0 Å². The second-order valence-electron chi connectivity index (χ2n) is 9.84. The van der Waals surface area contributed by atoms with Gasteiger partial charge in [0, 0.05) is 44.0 Å². The van der Waals surface area contributed by atoms with Crippen LogP contribution in [0.4, 0.5) is 15.9 Å². The Balaban J connectivity index is 1.38. The van der Waals surface area contributed by atoms with Crippen LogP contribution < -0.4 is 20.7 Å². The molecule has 2 fully saturated rings. The molecule has 4 heterocycles. The van der Waals surface area contributed by atoms with Crippen LogP contribution >= 0.6 is 0 Å². The first kappa shape index (κ1) is 24.2. The van der Waals surface area contributed by atoms with Gasteiger partial charge in [0.1, 0.15) is 23.1 Å². The van der Waals surface area contributed by atoms with Gasteiger partial charge in [-0.3, -0.25) is 9.63 Å². The minimum absolute atomic E-state index is 0.0202. The van der Waals surface area contributed by atoms with Crippen LogP contribution in [0.15, 0.2) is 24.5 Å². The summed E-state index contributed by atoms with van der Waals surface area (Å²) in [5.74, 6) is 0.614. The molecule has 1 aromatic carbocycles. The van der Waals surface area contributed by atoms with Gasteiger partial charge in [0.15, 0.2) is 5.75 Å². The minimum Gasteiger partial charge on any atom is -0.421 e. The van der Waals surface area contributed by atoms with Gasteiger partial charge in [0.2, 0.25) is 0 Å². The Morgan fingerprint density at radius 1 is 1.32 bits per heavy atom. The van der Waals surface area contributed by atoms with Gasteiger partial charge in [0.25, 0.3) is 5.91 Å². The maximum absolute atomic E-state index is 14.5. The molecular weight excluding hydrogens is 493 g/mol. The summed E-state index contributed by atoms with van der Waals surface area (Å²) in [6.45, 7) is 1.40. The number of nitrogens with one attached hydrogen (secondary N) is 2. The molecule has 1 amide bonds. The molecule has 2 aliphatic rings. The number of hydrogen-bond donors (Lipinski definition) is 3. The van der Waals surface area contributed by atoms with Gasteiger partial charge in [0.05, 0.1) is 42.5 Å². The number of ether oxygens (including phenoxy) is 1. The van der Waals surface area contributed by atoms with E-state index in [2.05, 4.69) is 30.2 Å². The van der Waals surface area contributed by atoms with Gasteiger partial charge >= 0.3 is 6.01 Å². The highest BCUT2D eigenvalue weighted by Gasteiger charge is 2.54. The maximum atomic E-state index is 14.5. The van der Waals surface area contributed by atoms with Gasteiger partial charge in [-0.05, 0) is 25.0 Å². The van der Waals surface area contributed by atoms with Crippen LogP contribution in [-0.2, 0) is 16.1 Å². The van der Waals surface area contributed by atoms with Crippen LogP contribution in [0.1, 0.15) is 18.7 Å². The van der Waals surface area contributed by atoms with Crippen LogP contribution in [0, 0.1) is 11.2 Å². The van der Waals surface area contributed by atoms with Crippen molar-refractivity contribution in [2.45, 2.75) is 25.3 Å². The molecule has 13 heteroatoms. The standard InChI is InChI=1S/C25H28FN9O3/c1-28-16-7-13(26)6-15-20-22(31-21(15)16)32-24(33-23(20)35-11-17(27)25(12-35)4-5-25)38-14-9-29-18(30-10-14)8-19(36)34(2)37-3/h6-7,9-10,17,28H,4-5,8,11-12,27H2,1-3H3,(H,31,32,33)/t17-/m0/s1. The molecule has 38 heavy (non-hydrogen) atoms. The zero-order valence-corrected chi connectivity index (χ0v) is 21.3. The molecule has 198 valence electrons. The molecule has 3 aromatic heterocycles. The van der Waals surface area contributed by atoms with Gasteiger partial charge in [-0.2, -0.15) is 9.97 Å². The quantitative estimate of drug-likeness (QED) is 0.310. The Kier molecular flexibility index (Phi) is 5.76. The Morgan fingerprint density at radius 2 is 2.08 bits per heavy atom. The Hall–Kier alpha value is -4.10. The Bertz CT molecular complexity index is 1540. The van der Waals surface area contributed by atoms with Crippen molar-refractivity contribution >= 4 is 39.3 Å².